The van der Waals surface area contributed by atoms with Gasteiger partial charge in [0.15, 0.2) is 5.58 Å². The van der Waals surface area contributed by atoms with Crippen molar-refractivity contribution in [1.82, 2.24) is 4.98 Å². The highest BCUT2D eigenvalue weighted by molar-refractivity contribution is 6.14. The van der Waals surface area contributed by atoms with Crippen molar-refractivity contribution < 1.29 is 4.42 Å². The van der Waals surface area contributed by atoms with Crippen LogP contribution in [0.5, 0.6) is 0 Å². The van der Waals surface area contributed by atoms with E-state index in [-0.39, 0.29) is 0 Å². The molecule has 9 aromatic carbocycles. The first-order chi connectivity index (χ1) is 25.8. The number of benzene rings is 9. The molecule has 0 bridgehead atoms. The third-order valence-electron chi connectivity index (χ3n) is 10.1. The maximum Gasteiger partial charge on any atom is 0.227 e. The maximum absolute atomic E-state index is 6.26. The summed E-state index contributed by atoms with van der Waals surface area (Å²) in [6.07, 6.45) is 0. The van der Waals surface area contributed by atoms with Crippen molar-refractivity contribution in [2.75, 3.05) is 4.90 Å². The predicted octanol–water partition coefficient (Wildman–Crippen LogP) is 13.8. The lowest BCUT2D eigenvalue weighted by atomic mass is 9.93. The zero-order chi connectivity index (χ0) is 34.4. The molecule has 0 N–H and O–H groups in total. The number of fused-ring (bicyclic) bond motifs is 6. The third-order valence-corrected chi connectivity index (χ3v) is 10.1. The van der Waals surface area contributed by atoms with Crippen molar-refractivity contribution in [2.45, 2.75) is 0 Å². The van der Waals surface area contributed by atoms with Gasteiger partial charge in [-0.05, 0) is 110 Å². The van der Waals surface area contributed by atoms with Crippen molar-refractivity contribution in [3.8, 4) is 33.7 Å². The normalized spacial score (nSPS) is 11.5. The molecule has 0 aliphatic rings. The van der Waals surface area contributed by atoms with Gasteiger partial charge in [-0.25, -0.2) is 4.98 Å². The second-order valence-electron chi connectivity index (χ2n) is 13.2. The van der Waals surface area contributed by atoms with Gasteiger partial charge >= 0.3 is 0 Å². The van der Waals surface area contributed by atoms with Crippen molar-refractivity contribution in [1.29, 1.82) is 0 Å². The molecular formula is C49H32N2O. The lowest BCUT2D eigenvalue weighted by Crippen LogP contribution is -2.09. The minimum Gasteiger partial charge on any atom is -0.436 e. The number of nitrogens with zero attached hydrogens (tertiary/aromatic N) is 2. The molecule has 3 nitrogen and oxygen atoms in total. The summed E-state index contributed by atoms with van der Waals surface area (Å²) in [5.41, 5.74) is 10.6. The van der Waals surface area contributed by atoms with Crippen LogP contribution in [0.4, 0.5) is 17.1 Å². The van der Waals surface area contributed by atoms with Crippen LogP contribution in [0.1, 0.15) is 0 Å². The van der Waals surface area contributed by atoms with E-state index >= 15 is 0 Å². The second-order valence-corrected chi connectivity index (χ2v) is 13.2. The van der Waals surface area contributed by atoms with Gasteiger partial charge in [-0.15, -0.1) is 0 Å². The fourth-order valence-corrected chi connectivity index (χ4v) is 7.61. The number of oxazole rings is 1. The standard InChI is InChI=1S/C49H32N2O/c1-3-12-36(13-4-1)49-50-48-46(52-49)31-26-35-15-11-21-42(47(35)48)33-22-27-39(28-23-33)51(38-16-5-2-6-17-38)40-29-24-34(25-30-40)45-32-37-14-7-8-18-41(37)43-19-9-10-20-44(43)45/h1-32H. The second kappa shape index (κ2) is 12.4. The van der Waals surface area contributed by atoms with E-state index in [2.05, 4.69) is 163 Å². The van der Waals surface area contributed by atoms with E-state index in [1.54, 1.807) is 0 Å². The lowest BCUT2D eigenvalue weighted by Gasteiger charge is -2.26. The van der Waals surface area contributed by atoms with Gasteiger partial charge in [-0.2, -0.15) is 0 Å². The fraction of sp³-hybridized carbons (Fsp3) is 0. The van der Waals surface area contributed by atoms with Gasteiger partial charge in [0.2, 0.25) is 5.89 Å². The van der Waals surface area contributed by atoms with E-state index < -0.39 is 0 Å². The van der Waals surface area contributed by atoms with Crippen LogP contribution in [0.15, 0.2) is 199 Å². The molecule has 0 unspecified atom stereocenters. The van der Waals surface area contributed by atoms with E-state index in [0.29, 0.717) is 5.89 Å². The molecule has 0 aliphatic carbocycles. The average Bonchev–Trinajstić information content (AvgIpc) is 3.67. The van der Waals surface area contributed by atoms with Crippen molar-refractivity contribution in [3.05, 3.63) is 194 Å². The molecule has 0 amide bonds. The van der Waals surface area contributed by atoms with Crippen LogP contribution in [0.2, 0.25) is 0 Å². The molecule has 1 heterocycles. The van der Waals surface area contributed by atoms with Crippen LogP contribution in [-0.2, 0) is 0 Å². The van der Waals surface area contributed by atoms with Crippen LogP contribution in [0.25, 0.3) is 77.1 Å². The molecule has 10 aromatic rings. The minimum atomic E-state index is 0.631. The van der Waals surface area contributed by atoms with Crippen LogP contribution in [0.3, 0.4) is 0 Å². The van der Waals surface area contributed by atoms with Gasteiger partial charge < -0.3 is 9.32 Å². The van der Waals surface area contributed by atoms with Gasteiger partial charge in [-0.1, -0.05) is 133 Å². The van der Waals surface area contributed by atoms with Gasteiger partial charge in [0.25, 0.3) is 0 Å². The van der Waals surface area contributed by atoms with Crippen LogP contribution in [0, 0.1) is 0 Å². The summed E-state index contributed by atoms with van der Waals surface area (Å²) in [5.74, 6) is 0.631. The van der Waals surface area contributed by atoms with E-state index in [1.807, 2.05) is 36.4 Å². The van der Waals surface area contributed by atoms with E-state index in [9.17, 15) is 0 Å². The Bertz CT molecular complexity index is 2880. The number of hydrogen-bond donors (Lipinski definition) is 0. The first-order valence-electron chi connectivity index (χ1n) is 17.6. The molecule has 0 saturated heterocycles. The molecule has 244 valence electrons. The molecule has 0 fully saturated rings. The number of hydrogen-bond acceptors (Lipinski definition) is 3. The predicted molar refractivity (Wildman–Crippen MR) is 218 cm³/mol. The summed E-state index contributed by atoms with van der Waals surface area (Å²) < 4.78 is 6.26. The molecule has 0 atom stereocenters. The molecule has 0 saturated carbocycles. The molecular weight excluding hydrogens is 633 g/mol. The Morgan fingerprint density at radius 2 is 0.962 bits per heavy atom. The maximum atomic E-state index is 6.26. The fourth-order valence-electron chi connectivity index (χ4n) is 7.61. The van der Waals surface area contributed by atoms with Crippen LogP contribution >= 0.6 is 0 Å². The Labute approximate surface area is 301 Å². The minimum absolute atomic E-state index is 0.631. The molecule has 0 aliphatic heterocycles. The van der Waals surface area contributed by atoms with E-state index in [4.69, 9.17) is 9.40 Å². The molecule has 1 aromatic heterocycles. The topological polar surface area (TPSA) is 29.3 Å². The zero-order valence-electron chi connectivity index (χ0n) is 28.3. The van der Waals surface area contributed by atoms with Crippen LogP contribution < -0.4 is 4.90 Å². The quantitative estimate of drug-likeness (QED) is 0.166. The van der Waals surface area contributed by atoms with Crippen molar-refractivity contribution >= 4 is 60.5 Å². The highest BCUT2D eigenvalue weighted by Gasteiger charge is 2.17. The Kier molecular flexibility index (Phi) is 7.14. The first kappa shape index (κ1) is 29.9. The number of aromatic nitrogens is 1. The summed E-state index contributed by atoms with van der Waals surface area (Å²) in [7, 11) is 0. The average molecular weight is 665 g/mol. The molecule has 3 heteroatoms. The Balaban J connectivity index is 1.05. The Morgan fingerprint density at radius 1 is 0.385 bits per heavy atom. The van der Waals surface area contributed by atoms with Gasteiger partial charge in [0.05, 0.1) is 0 Å². The smallest absolute Gasteiger partial charge is 0.227 e. The lowest BCUT2D eigenvalue weighted by molar-refractivity contribution is 0.620. The SMILES string of the molecule is c1ccc(-c2nc3c(ccc4cccc(-c5ccc(N(c6ccccc6)c6ccc(-c7cc8ccccc8c8ccccc78)cc6)cc5)c43)o2)cc1. The number of rotatable bonds is 6. The summed E-state index contributed by atoms with van der Waals surface area (Å²) >= 11 is 0. The summed E-state index contributed by atoms with van der Waals surface area (Å²) in [6.45, 7) is 0. The van der Waals surface area contributed by atoms with Gasteiger partial charge in [0.1, 0.15) is 5.52 Å². The van der Waals surface area contributed by atoms with E-state index in [1.165, 1.54) is 32.7 Å². The summed E-state index contributed by atoms with van der Waals surface area (Å²) in [5, 5.41) is 7.29. The van der Waals surface area contributed by atoms with Crippen LogP contribution in [-0.4, -0.2) is 4.98 Å². The highest BCUT2D eigenvalue weighted by atomic mass is 16.3. The summed E-state index contributed by atoms with van der Waals surface area (Å²) in [6, 6.07) is 68.7. The van der Waals surface area contributed by atoms with Gasteiger partial charge in [-0.3, -0.25) is 0 Å². The summed E-state index contributed by atoms with van der Waals surface area (Å²) in [4.78, 5) is 7.32. The number of para-hydroxylation sites is 1. The van der Waals surface area contributed by atoms with Crippen molar-refractivity contribution in [3.63, 3.8) is 0 Å². The van der Waals surface area contributed by atoms with E-state index in [0.717, 1.165) is 55.6 Å². The first-order valence-corrected chi connectivity index (χ1v) is 17.6. The molecule has 10 rings (SSSR count). The third kappa shape index (κ3) is 5.10. The van der Waals surface area contributed by atoms with Crippen molar-refractivity contribution in [2.24, 2.45) is 0 Å². The van der Waals surface area contributed by atoms with Gasteiger partial charge in [0, 0.05) is 28.0 Å². The molecule has 52 heavy (non-hydrogen) atoms. The molecule has 0 radical (unpaired) electrons. The highest BCUT2D eigenvalue weighted by Crippen LogP contribution is 2.41. The Morgan fingerprint density at radius 3 is 1.69 bits per heavy atom. The number of anilines is 3. The largest absolute Gasteiger partial charge is 0.436 e. The zero-order valence-corrected chi connectivity index (χ0v) is 28.3. The Hall–Kier alpha value is -6.97. The molecule has 0 spiro atoms. The monoisotopic (exact) mass is 664 g/mol.